The van der Waals surface area contributed by atoms with E-state index in [2.05, 4.69) is 21.3 Å². The van der Waals surface area contributed by atoms with Gasteiger partial charge in [0.15, 0.2) is 5.58 Å². The smallest absolute Gasteiger partial charge is 0.298 e. The number of hydrogen-bond donors (Lipinski definition) is 1. The summed E-state index contributed by atoms with van der Waals surface area (Å²) >= 11 is 0. The Labute approximate surface area is 200 Å². The van der Waals surface area contributed by atoms with E-state index in [9.17, 15) is 9.59 Å². The average molecular weight is 476 g/mol. The summed E-state index contributed by atoms with van der Waals surface area (Å²) in [7, 11) is 0. The number of carbonyl (C=O) groups excluding carboxylic acids is 1. The predicted octanol–water partition coefficient (Wildman–Crippen LogP) is 1.80. The molecule has 3 aromatic heterocycles. The van der Waals surface area contributed by atoms with Crippen molar-refractivity contribution >= 4 is 33.9 Å². The monoisotopic (exact) mass is 475 g/mol. The number of rotatable bonds is 7. The number of fused-ring (bicyclic) bond motifs is 2. The first kappa shape index (κ1) is 22.6. The zero-order valence-electron chi connectivity index (χ0n) is 19.4. The van der Waals surface area contributed by atoms with E-state index in [0.717, 1.165) is 11.1 Å². The number of nitrogens with one attached hydrogen (secondary N) is 1. The molecule has 1 fully saturated rings. The summed E-state index contributed by atoms with van der Waals surface area (Å²) in [5.74, 6) is 0.0545. The van der Waals surface area contributed by atoms with Crippen LogP contribution in [0.15, 0.2) is 39.8 Å². The summed E-state index contributed by atoms with van der Waals surface area (Å²) in [6.45, 7) is 5.64. The first-order chi connectivity index (χ1) is 17.0. The molecule has 1 aromatic carbocycles. The minimum absolute atomic E-state index is 0.0545. The van der Waals surface area contributed by atoms with Crippen molar-refractivity contribution in [3.05, 3.63) is 52.1 Å². The van der Waals surface area contributed by atoms with Gasteiger partial charge in [-0.2, -0.15) is 15.3 Å². The number of oxazole rings is 1. The molecule has 1 saturated heterocycles. The Balaban J connectivity index is 1.07. The minimum atomic E-state index is -0.199. The second-order valence-corrected chi connectivity index (χ2v) is 8.49. The summed E-state index contributed by atoms with van der Waals surface area (Å²) in [6, 6.07) is 7.77. The molecule has 5 rings (SSSR count). The summed E-state index contributed by atoms with van der Waals surface area (Å²) < 4.78 is 13.5. The number of hydrogen-bond acceptors (Lipinski definition) is 8. The number of ether oxygens (including phenoxy) is 1. The highest BCUT2D eigenvalue weighted by Crippen LogP contribution is 2.24. The lowest BCUT2D eigenvalue weighted by molar-refractivity contribution is -0.132. The van der Waals surface area contributed by atoms with Gasteiger partial charge in [-0.25, -0.2) is 5.10 Å². The van der Waals surface area contributed by atoms with E-state index < -0.39 is 0 Å². The maximum atomic E-state index is 12.6. The fourth-order valence-corrected chi connectivity index (χ4v) is 4.39. The van der Waals surface area contributed by atoms with Crippen LogP contribution in [0.3, 0.4) is 0 Å². The van der Waals surface area contributed by atoms with E-state index in [1.807, 2.05) is 27.5 Å². The molecular weight excluding hydrogens is 450 g/mol. The Kier molecular flexibility index (Phi) is 6.20. The number of aromatic amines is 1. The van der Waals surface area contributed by atoms with Gasteiger partial charge in [0, 0.05) is 38.9 Å². The second kappa shape index (κ2) is 9.60. The number of aryl methyl sites for hydroxylation is 1. The molecule has 1 N–H and O–H groups in total. The second-order valence-electron chi connectivity index (χ2n) is 8.49. The zero-order chi connectivity index (χ0) is 24.4. The molecule has 0 bridgehead atoms. The number of nitriles is 1. The van der Waals surface area contributed by atoms with Gasteiger partial charge in [-0.05, 0) is 30.7 Å². The van der Waals surface area contributed by atoms with Crippen molar-refractivity contribution in [3.63, 3.8) is 0 Å². The van der Waals surface area contributed by atoms with E-state index in [0.29, 0.717) is 80.4 Å². The van der Waals surface area contributed by atoms with Crippen LogP contribution in [0.2, 0.25) is 0 Å². The van der Waals surface area contributed by atoms with Gasteiger partial charge in [0.1, 0.15) is 5.52 Å². The maximum absolute atomic E-state index is 12.6. The number of amides is 1. The Morgan fingerprint density at radius 1 is 1.26 bits per heavy atom. The summed E-state index contributed by atoms with van der Waals surface area (Å²) in [5, 5.41) is 16.0. The molecule has 0 aliphatic carbocycles. The van der Waals surface area contributed by atoms with Crippen LogP contribution in [0, 0.1) is 18.3 Å². The number of piperazine rings is 1. The largest absolute Gasteiger partial charge is 0.423 e. The van der Waals surface area contributed by atoms with Gasteiger partial charge < -0.3 is 23.5 Å². The maximum Gasteiger partial charge on any atom is 0.298 e. The molecule has 11 heteroatoms. The Bertz CT molecular complexity index is 1470. The lowest BCUT2D eigenvalue weighted by Crippen LogP contribution is -2.49. The lowest BCUT2D eigenvalue weighted by atomic mass is 10.2. The van der Waals surface area contributed by atoms with E-state index in [-0.39, 0.29) is 11.5 Å². The van der Waals surface area contributed by atoms with Crippen LogP contribution in [0.4, 0.5) is 6.01 Å². The molecule has 0 radical (unpaired) electrons. The fraction of sp³-hybridized carbons (Fsp3) is 0.375. The van der Waals surface area contributed by atoms with Crippen LogP contribution in [0.25, 0.3) is 22.0 Å². The van der Waals surface area contributed by atoms with Crippen molar-refractivity contribution in [1.82, 2.24) is 24.6 Å². The van der Waals surface area contributed by atoms with E-state index >= 15 is 0 Å². The normalized spacial score (nSPS) is 14.1. The van der Waals surface area contributed by atoms with E-state index in [1.54, 1.807) is 24.4 Å². The van der Waals surface area contributed by atoms with E-state index in [1.165, 1.54) is 0 Å². The standard InChI is InChI=1S/C24H25N7O4/c1-16-15-31(19-14-26-28-23(33)22(16)19)9-11-34-10-4-21(32)29-5-7-30(8-6-29)24-27-18-12-17(13-25)2-3-20(18)35-24/h2-3,12,14-15H,4-11H2,1H3,(H,28,33). The quantitative estimate of drug-likeness (QED) is 0.400. The highest BCUT2D eigenvalue weighted by atomic mass is 16.5. The van der Waals surface area contributed by atoms with Crippen molar-refractivity contribution < 1.29 is 13.9 Å². The fourth-order valence-electron chi connectivity index (χ4n) is 4.39. The topological polar surface area (TPSA) is 133 Å². The van der Waals surface area contributed by atoms with Crippen LogP contribution >= 0.6 is 0 Å². The van der Waals surface area contributed by atoms with Gasteiger partial charge in [0.25, 0.3) is 11.6 Å². The third-order valence-corrected chi connectivity index (χ3v) is 6.23. The molecule has 1 amide bonds. The predicted molar refractivity (Wildman–Crippen MR) is 128 cm³/mol. The highest BCUT2D eigenvalue weighted by molar-refractivity contribution is 5.81. The number of nitrogens with zero attached hydrogens (tertiary/aromatic N) is 6. The third-order valence-electron chi connectivity index (χ3n) is 6.23. The lowest BCUT2D eigenvalue weighted by Gasteiger charge is -2.33. The Morgan fingerprint density at radius 2 is 2.09 bits per heavy atom. The molecule has 4 heterocycles. The highest BCUT2D eigenvalue weighted by Gasteiger charge is 2.24. The first-order valence-corrected chi connectivity index (χ1v) is 11.5. The van der Waals surface area contributed by atoms with Crippen molar-refractivity contribution in [1.29, 1.82) is 5.26 Å². The molecular formula is C24H25N7O4. The molecule has 1 aliphatic rings. The van der Waals surface area contributed by atoms with Gasteiger partial charge >= 0.3 is 0 Å². The summed E-state index contributed by atoms with van der Waals surface area (Å²) in [4.78, 5) is 32.9. The van der Waals surface area contributed by atoms with Crippen LogP contribution in [0.5, 0.6) is 0 Å². The summed E-state index contributed by atoms with van der Waals surface area (Å²) in [6.07, 6.45) is 3.86. The zero-order valence-corrected chi connectivity index (χ0v) is 19.4. The number of H-pyrrole nitrogens is 1. The summed E-state index contributed by atoms with van der Waals surface area (Å²) in [5.41, 5.74) is 3.30. The molecule has 35 heavy (non-hydrogen) atoms. The number of anilines is 1. The van der Waals surface area contributed by atoms with E-state index in [4.69, 9.17) is 14.4 Å². The van der Waals surface area contributed by atoms with Gasteiger partial charge in [0.2, 0.25) is 5.91 Å². The minimum Gasteiger partial charge on any atom is -0.423 e. The number of carbonyl (C=O) groups is 1. The molecule has 0 atom stereocenters. The molecule has 0 unspecified atom stereocenters. The van der Waals surface area contributed by atoms with Gasteiger partial charge in [-0.15, -0.1) is 0 Å². The van der Waals surface area contributed by atoms with Crippen LogP contribution in [-0.4, -0.2) is 69.9 Å². The first-order valence-electron chi connectivity index (χ1n) is 11.5. The van der Waals surface area contributed by atoms with Crippen molar-refractivity contribution in [3.8, 4) is 6.07 Å². The molecule has 0 saturated carbocycles. The molecule has 11 nitrogen and oxygen atoms in total. The van der Waals surface area contributed by atoms with Crippen molar-refractivity contribution in [2.45, 2.75) is 19.9 Å². The Hall–Kier alpha value is -4.17. The molecule has 1 aliphatic heterocycles. The molecule has 4 aromatic rings. The van der Waals surface area contributed by atoms with Crippen LogP contribution in [0.1, 0.15) is 17.5 Å². The Morgan fingerprint density at radius 3 is 2.89 bits per heavy atom. The number of aromatic nitrogens is 4. The molecule has 0 spiro atoms. The van der Waals surface area contributed by atoms with Crippen molar-refractivity contribution in [2.75, 3.05) is 44.3 Å². The van der Waals surface area contributed by atoms with Crippen LogP contribution in [-0.2, 0) is 16.1 Å². The SMILES string of the molecule is Cc1cn(CCOCCC(=O)N2CCN(c3nc4cc(C#N)ccc4o3)CC2)c2cn[nH]c(=O)c12. The number of benzene rings is 1. The van der Waals surface area contributed by atoms with Gasteiger partial charge in [-0.1, -0.05) is 0 Å². The van der Waals surface area contributed by atoms with Gasteiger partial charge in [-0.3, -0.25) is 9.59 Å². The third kappa shape index (κ3) is 4.61. The van der Waals surface area contributed by atoms with Gasteiger partial charge in [0.05, 0.1) is 48.4 Å². The van der Waals surface area contributed by atoms with Crippen molar-refractivity contribution in [2.24, 2.45) is 0 Å². The molecule has 180 valence electrons. The average Bonchev–Trinajstić information content (AvgIpc) is 3.44. The van der Waals surface area contributed by atoms with Crippen LogP contribution < -0.4 is 10.5 Å².